The smallest absolute Gasteiger partial charge is 0.158 e. The Morgan fingerprint density at radius 2 is 2.40 bits per heavy atom. The molecule has 0 aromatic heterocycles. The van der Waals surface area contributed by atoms with Gasteiger partial charge >= 0.3 is 0 Å². The van der Waals surface area contributed by atoms with E-state index in [9.17, 15) is 4.79 Å². The van der Waals surface area contributed by atoms with Gasteiger partial charge in [-0.2, -0.15) is 0 Å². The van der Waals surface area contributed by atoms with Gasteiger partial charge in [0.25, 0.3) is 0 Å². The molecule has 0 amide bonds. The Hall–Kier alpha value is -0.410. The zero-order chi connectivity index (χ0) is 10.5. The number of carbonyl (C=O) groups excluding carboxylic acids is 1. The van der Waals surface area contributed by atoms with Gasteiger partial charge in [0.2, 0.25) is 0 Å². The van der Waals surface area contributed by atoms with E-state index < -0.39 is 0 Å². The van der Waals surface area contributed by atoms with E-state index >= 15 is 0 Å². The van der Waals surface area contributed by atoms with Crippen molar-refractivity contribution >= 4 is 5.78 Å². The molecule has 4 unspecified atom stereocenters. The summed E-state index contributed by atoms with van der Waals surface area (Å²) in [5, 5.41) is 0. The van der Waals surface area contributed by atoms with E-state index in [2.05, 4.69) is 0 Å². The van der Waals surface area contributed by atoms with Crippen LogP contribution >= 0.6 is 0 Å². The normalized spacial score (nSPS) is 48.3. The van der Waals surface area contributed by atoms with Gasteiger partial charge in [-0.1, -0.05) is 0 Å². The molecular formula is C12H18O3. The zero-order valence-electron chi connectivity index (χ0n) is 9.20. The molecule has 2 saturated carbocycles. The van der Waals surface area contributed by atoms with Crippen LogP contribution in [0, 0.1) is 11.3 Å². The first-order valence-corrected chi connectivity index (χ1v) is 6.06. The van der Waals surface area contributed by atoms with E-state index in [1.54, 1.807) is 0 Å². The summed E-state index contributed by atoms with van der Waals surface area (Å²) in [6, 6.07) is 0. The van der Waals surface area contributed by atoms with Crippen LogP contribution in [0.15, 0.2) is 0 Å². The second-order valence-electron chi connectivity index (χ2n) is 5.04. The Morgan fingerprint density at radius 1 is 1.53 bits per heavy atom. The molecule has 2 aliphatic carbocycles. The van der Waals surface area contributed by atoms with Crippen molar-refractivity contribution in [1.82, 2.24) is 0 Å². The second-order valence-corrected chi connectivity index (χ2v) is 5.04. The molecule has 0 aromatic rings. The maximum absolute atomic E-state index is 11.8. The van der Waals surface area contributed by atoms with Crippen molar-refractivity contribution in [1.29, 1.82) is 0 Å². The van der Waals surface area contributed by atoms with Crippen molar-refractivity contribution in [3.63, 3.8) is 0 Å². The van der Waals surface area contributed by atoms with Gasteiger partial charge < -0.3 is 9.47 Å². The molecule has 3 aliphatic rings. The lowest BCUT2D eigenvalue weighted by Gasteiger charge is -2.25. The molecular weight excluding hydrogens is 192 g/mol. The molecule has 1 heterocycles. The van der Waals surface area contributed by atoms with Gasteiger partial charge in [0.05, 0.1) is 6.10 Å². The highest BCUT2D eigenvalue weighted by molar-refractivity contribution is 5.85. The SMILES string of the molecule is CCOC1CC23CCC(=O)C2CCC3O1. The molecule has 0 aromatic carbocycles. The van der Waals surface area contributed by atoms with Gasteiger partial charge in [-0.15, -0.1) is 0 Å². The van der Waals surface area contributed by atoms with Gasteiger partial charge in [0.1, 0.15) is 5.78 Å². The van der Waals surface area contributed by atoms with Gasteiger partial charge in [-0.05, 0) is 26.2 Å². The maximum Gasteiger partial charge on any atom is 0.158 e. The zero-order valence-corrected chi connectivity index (χ0v) is 9.20. The molecule has 15 heavy (non-hydrogen) atoms. The molecule has 1 saturated heterocycles. The van der Waals surface area contributed by atoms with Crippen LogP contribution in [-0.4, -0.2) is 24.8 Å². The van der Waals surface area contributed by atoms with E-state index in [4.69, 9.17) is 9.47 Å². The van der Waals surface area contributed by atoms with Crippen LogP contribution in [0.1, 0.15) is 39.0 Å². The molecule has 0 bridgehead atoms. The number of ketones is 1. The maximum atomic E-state index is 11.8. The lowest BCUT2D eigenvalue weighted by molar-refractivity contribution is -0.131. The van der Waals surface area contributed by atoms with Gasteiger partial charge in [-0.25, -0.2) is 0 Å². The minimum absolute atomic E-state index is 0.0475. The van der Waals surface area contributed by atoms with E-state index in [1.165, 1.54) is 0 Å². The predicted molar refractivity (Wildman–Crippen MR) is 54.3 cm³/mol. The third kappa shape index (κ3) is 1.23. The third-order valence-corrected chi connectivity index (χ3v) is 4.49. The number of rotatable bonds is 2. The Balaban J connectivity index is 1.82. The molecule has 3 heteroatoms. The van der Waals surface area contributed by atoms with Crippen LogP contribution in [0.3, 0.4) is 0 Å². The fourth-order valence-corrected chi connectivity index (χ4v) is 3.87. The molecule has 0 radical (unpaired) electrons. The van der Waals surface area contributed by atoms with E-state index in [1.807, 2.05) is 6.92 Å². The Kier molecular flexibility index (Phi) is 2.15. The standard InChI is InChI=1S/C12H18O3/c1-2-14-11-7-12-6-5-9(13)8(12)3-4-10(12)15-11/h8,10-11H,2-7H2,1H3. The summed E-state index contributed by atoms with van der Waals surface area (Å²) in [6.45, 7) is 2.69. The minimum Gasteiger partial charge on any atom is -0.353 e. The van der Waals surface area contributed by atoms with Crippen LogP contribution in [-0.2, 0) is 14.3 Å². The lowest BCUT2D eigenvalue weighted by atomic mass is 9.77. The van der Waals surface area contributed by atoms with Crippen molar-refractivity contribution < 1.29 is 14.3 Å². The van der Waals surface area contributed by atoms with Gasteiger partial charge in [0, 0.05) is 30.8 Å². The monoisotopic (exact) mass is 210 g/mol. The number of ether oxygens (including phenoxy) is 2. The summed E-state index contributed by atoms with van der Waals surface area (Å²) in [6.07, 6.45) is 5.09. The molecule has 3 rings (SSSR count). The minimum atomic E-state index is -0.0475. The highest BCUT2D eigenvalue weighted by atomic mass is 16.7. The molecule has 1 aliphatic heterocycles. The number of hydrogen-bond donors (Lipinski definition) is 0. The number of hydrogen-bond acceptors (Lipinski definition) is 3. The second kappa shape index (κ2) is 3.29. The highest BCUT2D eigenvalue weighted by Gasteiger charge is 2.61. The van der Waals surface area contributed by atoms with E-state index in [0.717, 1.165) is 32.1 Å². The Morgan fingerprint density at radius 3 is 3.20 bits per heavy atom. The quantitative estimate of drug-likeness (QED) is 0.698. The van der Waals surface area contributed by atoms with Crippen molar-refractivity contribution in [3.8, 4) is 0 Å². The van der Waals surface area contributed by atoms with Crippen molar-refractivity contribution in [2.24, 2.45) is 11.3 Å². The third-order valence-electron chi connectivity index (χ3n) is 4.49. The summed E-state index contributed by atoms with van der Waals surface area (Å²) >= 11 is 0. The average Bonchev–Trinajstić information content (AvgIpc) is 2.77. The first-order chi connectivity index (χ1) is 7.26. The van der Waals surface area contributed by atoms with E-state index in [0.29, 0.717) is 18.5 Å². The van der Waals surface area contributed by atoms with Crippen LogP contribution in [0.5, 0.6) is 0 Å². The lowest BCUT2D eigenvalue weighted by Crippen LogP contribution is -2.28. The van der Waals surface area contributed by atoms with Crippen LogP contribution in [0.25, 0.3) is 0 Å². The molecule has 84 valence electrons. The highest BCUT2D eigenvalue weighted by Crippen LogP contribution is 2.60. The Labute approximate surface area is 90.1 Å². The fourth-order valence-electron chi connectivity index (χ4n) is 3.87. The first kappa shape index (κ1) is 9.79. The summed E-state index contributed by atoms with van der Waals surface area (Å²) in [5.74, 6) is 0.756. The number of Topliss-reactive ketones (excluding diaryl/α,β-unsaturated/α-hetero) is 1. The average molecular weight is 210 g/mol. The fraction of sp³-hybridized carbons (Fsp3) is 0.917. The van der Waals surface area contributed by atoms with Gasteiger partial charge in [0.15, 0.2) is 6.29 Å². The molecule has 4 atom stereocenters. The summed E-state index contributed by atoms with van der Waals surface area (Å²) in [4.78, 5) is 11.8. The summed E-state index contributed by atoms with van der Waals surface area (Å²) in [5.41, 5.74) is 0.164. The molecule has 1 spiro atoms. The largest absolute Gasteiger partial charge is 0.353 e. The summed E-state index contributed by atoms with van der Waals surface area (Å²) < 4.78 is 11.4. The van der Waals surface area contributed by atoms with Crippen LogP contribution in [0.2, 0.25) is 0 Å². The molecule has 3 nitrogen and oxygen atoms in total. The van der Waals surface area contributed by atoms with Gasteiger partial charge in [-0.3, -0.25) is 4.79 Å². The topological polar surface area (TPSA) is 35.5 Å². The van der Waals surface area contributed by atoms with Crippen molar-refractivity contribution in [3.05, 3.63) is 0 Å². The molecule has 0 N–H and O–H groups in total. The predicted octanol–water partition coefficient (Wildman–Crippen LogP) is 1.90. The Bertz CT molecular complexity index is 289. The number of carbonyl (C=O) groups is 1. The van der Waals surface area contributed by atoms with Crippen LogP contribution < -0.4 is 0 Å². The van der Waals surface area contributed by atoms with Crippen LogP contribution in [0.4, 0.5) is 0 Å². The first-order valence-electron chi connectivity index (χ1n) is 6.06. The summed E-state index contributed by atoms with van der Waals surface area (Å²) in [7, 11) is 0. The molecule has 3 fully saturated rings. The van der Waals surface area contributed by atoms with E-state index in [-0.39, 0.29) is 17.6 Å². The van der Waals surface area contributed by atoms with Crippen molar-refractivity contribution in [2.75, 3.05) is 6.61 Å². The van der Waals surface area contributed by atoms with Crippen molar-refractivity contribution in [2.45, 2.75) is 51.4 Å².